The first-order valence-electron chi connectivity index (χ1n) is 6.39. The molecule has 0 aliphatic heterocycles. The van der Waals surface area contributed by atoms with Crippen LogP contribution in [0, 0.1) is 0 Å². The Morgan fingerprint density at radius 3 is 2.64 bits per heavy atom. The molecule has 2 rings (SSSR count). The van der Waals surface area contributed by atoms with E-state index in [1.165, 1.54) is 17.8 Å². The van der Waals surface area contributed by atoms with E-state index in [2.05, 4.69) is 15.3 Å². The maximum absolute atomic E-state index is 12.8. The SMILES string of the molecule is CSc1nc(NCCO)cc(-c2cccc(C(F)(F)F)c2)n1. The second kappa shape index (κ2) is 6.97. The van der Waals surface area contributed by atoms with Gasteiger partial charge >= 0.3 is 6.18 Å². The second-order valence-electron chi connectivity index (χ2n) is 4.35. The Morgan fingerprint density at radius 2 is 2.00 bits per heavy atom. The Balaban J connectivity index is 2.43. The zero-order valence-electron chi connectivity index (χ0n) is 11.7. The van der Waals surface area contributed by atoms with Gasteiger partial charge in [-0.05, 0) is 18.4 Å². The van der Waals surface area contributed by atoms with Crippen LogP contribution in [0.2, 0.25) is 0 Å². The summed E-state index contributed by atoms with van der Waals surface area (Å²) in [4.78, 5) is 8.43. The summed E-state index contributed by atoms with van der Waals surface area (Å²) in [5.41, 5.74) is 0.0321. The van der Waals surface area contributed by atoms with Crippen molar-refractivity contribution in [2.75, 3.05) is 24.7 Å². The highest BCUT2D eigenvalue weighted by Crippen LogP contribution is 2.32. The number of nitrogens with one attached hydrogen (secondary N) is 1. The number of halogens is 3. The lowest BCUT2D eigenvalue weighted by Crippen LogP contribution is -2.08. The number of benzene rings is 1. The zero-order chi connectivity index (χ0) is 16.2. The summed E-state index contributed by atoms with van der Waals surface area (Å²) in [6.07, 6.45) is -2.62. The fraction of sp³-hybridized carbons (Fsp3) is 0.286. The molecule has 118 valence electrons. The average Bonchev–Trinajstić information content (AvgIpc) is 2.52. The van der Waals surface area contributed by atoms with Crippen molar-refractivity contribution in [1.29, 1.82) is 0 Å². The van der Waals surface area contributed by atoms with Crippen LogP contribution in [-0.2, 0) is 6.18 Å². The fourth-order valence-corrected chi connectivity index (χ4v) is 2.17. The van der Waals surface area contributed by atoms with Crippen LogP contribution in [0.3, 0.4) is 0 Å². The predicted octanol–water partition coefficient (Wildman–Crippen LogP) is 3.29. The fourth-order valence-electron chi connectivity index (χ4n) is 1.79. The van der Waals surface area contributed by atoms with E-state index < -0.39 is 11.7 Å². The number of alkyl halides is 3. The molecule has 0 fully saturated rings. The molecular weight excluding hydrogens is 315 g/mol. The molecule has 1 aromatic carbocycles. The molecule has 0 atom stereocenters. The molecule has 0 aliphatic carbocycles. The minimum atomic E-state index is -4.40. The van der Waals surface area contributed by atoms with Crippen molar-refractivity contribution in [3.8, 4) is 11.3 Å². The van der Waals surface area contributed by atoms with Gasteiger partial charge in [-0.2, -0.15) is 13.2 Å². The molecule has 0 aliphatic rings. The van der Waals surface area contributed by atoms with Crippen molar-refractivity contribution in [2.24, 2.45) is 0 Å². The minimum absolute atomic E-state index is 0.0719. The van der Waals surface area contributed by atoms with Gasteiger partial charge in [0, 0.05) is 18.2 Å². The summed E-state index contributed by atoms with van der Waals surface area (Å²) in [5.74, 6) is 0.459. The van der Waals surface area contributed by atoms with Gasteiger partial charge in [0.15, 0.2) is 5.16 Å². The lowest BCUT2D eigenvalue weighted by molar-refractivity contribution is -0.137. The van der Waals surface area contributed by atoms with Gasteiger partial charge in [-0.15, -0.1) is 0 Å². The number of aromatic nitrogens is 2. The highest BCUT2D eigenvalue weighted by atomic mass is 32.2. The Morgan fingerprint density at radius 1 is 1.23 bits per heavy atom. The number of rotatable bonds is 5. The molecule has 0 amide bonds. The molecule has 22 heavy (non-hydrogen) atoms. The number of nitrogens with zero attached hydrogens (tertiary/aromatic N) is 2. The third-order valence-electron chi connectivity index (χ3n) is 2.79. The van der Waals surface area contributed by atoms with Crippen LogP contribution in [0.4, 0.5) is 19.0 Å². The molecule has 0 saturated heterocycles. The van der Waals surface area contributed by atoms with Crippen molar-refractivity contribution in [2.45, 2.75) is 11.3 Å². The highest BCUT2D eigenvalue weighted by molar-refractivity contribution is 7.98. The van der Waals surface area contributed by atoms with Crippen LogP contribution < -0.4 is 5.32 Å². The lowest BCUT2D eigenvalue weighted by Gasteiger charge is -2.11. The summed E-state index contributed by atoms with van der Waals surface area (Å²) >= 11 is 1.29. The quantitative estimate of drug-likeness (QED) is 0.651. The molecule has 0 radical (unpaired) electrons. The molecule has 0 spiro atoms. The largest absolute Gasteiger partial charge is 0.416 e. The van der Waals surface area contributed by atoms with E-state index in [0.29, 0.717) is 28.8 Å². The maximum Gasteiger partial charge on any atom is 0.416 e. The van der Waals surface area contributed by atoms with Crippen molar-refractivity contribution >= 4 is 17.6 Å². The van der Waals surface area contributed by atoms with E-state index >= 15 is 0 Å². The van der Waals surface area contributed by atoms with Gasteiger partial charge in [0.25, 0.3) is 0 Å². The van der Waals surface area contributed by atoms with Crippen LogP contribution in [0.15, 0.2) is 35.5 Å². The molecule has 2 aromatic rings. The summed E-state index contributed by atoms with van der Waals surface area (Å²) in [7, 11) is 0. The summed E-state index contributed by atoms with van der Waals surface area (Å²) in [5, 5.41) is 12.2. The summed E-state index contributed by atoms with van der Waals surface area (Å²) in [6.45, 7) is 0.227. The molecule has 1 aromatic heterocycles. The molecule has 8 heteroatoms. The van der Waals surface area contributed by atoms with Crippen molar-refractivity contribution in [1.82, 2.24) is 9.97 Å². The van der Waals surface area contributed by atoms with Gasteiger partial charge in [-0.25, -0.2) is 9.97 Å². The topological polar surface area (TPSA) is 58.0 Å². The third kappa shape index (κ3) is 4.11. The smallest absolute Gasteiger partial charge is 0.395 e. The van der Waals surface area contributed by atoms with Gasteiger partial charge in [-0.1, -0.05) is 23.9 Å². The Bertz CT molecular complexity index is 649. The molecular formula is C14H14F3N3OS. The third-order valence-corrected chi connectivity index (χ3v) is 3.34. The number of aliphatic hydroxyl groups excluding tert-OH is 1. The lowest BCUT2D eigenvalue weighted by atomic mass is 10.1. The predicted molar refractivity (Wildman–Crippen MR) is 79.8 cm³/mol. The van der Waals surface area contributed by atoms with Crippen LogP contribution in [0.1, 0.15) is 5.56 Å². The van der Waals surface area contributed by atoms with Gasteiger partial charge in [-0.3, -0.25) is 0 Å². The monoisotopic (exact) mass is 329 g/mol. The molecule has 1 heterocycles. The Hall–Kier alpha value is -1.80. The minimum Gasteiger partial charge on any atom is -0.395 e. The Kier molecular flexibility index (Phi) is 5.25. The van der Waals surface area contributed by atoms with E-state index in [-0.39, 0.29) is 6.61 Å². The Labute approximate surface area is 129 Å². The van der Waals surface area contributed by atoms with E-state index in [9.17, 15) is 13.2 Å². The summed E-state index contributed by atoms with van der Waals surface area (Å²) < 4.78 is 38.4. The standard InChI is InChI=1S/C14H14F3N3OS/c1-22-13-19-11(8-12(20-13)18-5-6-21)9-3-2-4-10(7-9)14(15,16)17/h2-4,7-8,21H,5-6H2,1H3,(H,18,19,20). The molecule has 4 nitrogen and oxygen atoms in total. The molecule has 2 N–H and O–H groups in total. The van der Waals surface area contributed by atoms with Crippen LogP contribution in [-0.4, -0.2) is 34.5 Å². The second-order valence-corrected chi connectivity index (χ2v) is 5.13. The van der Waals surface area contributed by atoms with E-state index in [0.717, 1.165) is 12.1 Å². The van der Waals surface area contributed by atoms with Gasteiger partial charge in [0.1, 0.15) is 5.82 Å². The van der Waals surface area contributed by atoms with Gasteiger partial charge < -0.3 is 10.4 Å². The number of hydrogen-bond donors (Lipinski definition) is 2. The van der Waals surface area contributed by atoms with Crippen molar-refractivity contribution in [3.05, 3.63) is 35.9 Å². The van der Waals surface area contributed by atoms with E-state index in [1.54, 1.807) is 18.4 Å². The summed E-state index contributed by atoms with van der Waals surface area (Å²) in [6, 6.07) is 6.55. The van der Waals surface area contributed by atoms with Crippen molar-refractivity contribution < 1.29 is 18.3 Å². The highest BCUT2D eigenvalue weighted by Gasteiger charge is 2.30. The van der Waals surface area contributed by atoms with Gasteiger partial charge in [0.2, 0.25) is 0 Å². The van der Waals surface area contributed by atoms with Crippen LogP contribution in [0.25, 0.3) is 11.3 Å². The molecule has 0 bridgehead atoms. The number of aliphatic hydroxyl groups is 1. The number of hydrogen-bond acceptors (Lipinski definition) is 5. The molecule has 0 saturated carbocycles. The maximum atomic E-state index is 12.8. The van der Waals surface area contributed by atoms with Crippen LogP contribution >= 0.6 is 11.8 Å². The zero-order valence-corrected chi connectivity index (χ0v) is 12.5. The first-order valence-corrected chi connectivity index (χ1v) is 7.62. The van der Waals surface area contributed by atoms with Crippen LogP contribution in [0.5, 0.6) is 0 Å². The molecule has 0 unspecified atom stereocenters. The normalized spacial score (nSPS) is 11.5. The van der Waals surface area contributed by atoms with E-state index in [1.807, 2.05) is 0 Å². The number of thioether (sulfide) groups is 1. The van der Waals surface area contributed by atoms with Gasteiger partial charge in [0.05, 0.1) is 17.9 Å². The average molecular weight is 329 g/mol. The van der Waals surface area contributed by atoms with E-state index in [4.69, 9.17) is 5.11 Å². The number of anilines is 1. The van der Waals surface area contributed by atoms with Crippen molar-refractivity contribution in [3.63, 3.8) is 0 Å². The first kappa shape index (κ1) is 16.6. The first-order chi connectivity index (χ1) is 10.4.